The van der Waals surface area contributed by atoms with Crippen LogP contribution in [-0.4, -0.2) is 45.0 Å². The predicted molar refractivity (Wildman–Crippen MR) is 87.6 cm³/mol. The van der Waals surface area contributed by atoms with Crippen LogP contribution in [0, 0.1) is 0 Å². The van der Waals surface area contributed by atoms with Gasteiger partial charge in [-0.1, -0.05) is 0 Å². The Hall–Kier alpha value is -1.73. The van der Waals surface area contributed by atoms with E-state index in [4.69, 9.17) is 18.8 Å². The Bertz CT molecular complexity index is 642. The quantitative estimate of drug-likeness (QED) is 0.770. The van der Waals surface area contributed by atoms with Crippen molar-refractivity contribution in [2.24, 2.45) is 0 Å². The monoisotopic (exact) mass is 319 g/mol. The molecule has 1 amide bonds. The SMILES string of the molecule is COc1cc2c(cc1B1OC(C)(C)C(C)(C)O1)OCC(=O)N2C. The first-order valence-electron chi connectivity index (χ1n) is 7.63. The molecule has 1 aromatic carbocycles. The van der Waals surface area contributed by atoms with Crippen LogP contribution in [0.1, 0.15) is 27.7 Å². The van der Waals surface area contributed by atoms with Gasteiger partial charge in [0.2, 0.25) is 0 Å². The fourth-order valence-corrected chi connectivity index (χ4v) is 2.64. The number of fused-ring (bicyclic) bond motifs is 1. The molecule has 2 heterocycles. The van der Waals surface area contributed by atoms with Crippen LogP contribution >= 0.6 is 0 Å². The van der Waals surface area contributed by atoms with Crippen molar-refractivity contribution in [3.8, 4) is 11.5 Å². The average Bonchev–Trinajstić information content (AvgIpc) is 2.70. The molecule has 0 N–H and O–H groups in total. The number of nitrogens with zero attached hydrogens (tertiary/aromatic N) is 1. The molecule has 0 radical (unpaired) electrons. The Morgan fingerprint density at radius 1 is 1.17 bits per heavy atom. The lowest BCUT2D eigenvalue weighted by molar-refractivity contribution is -0.120. The second-order valence-corrected chi connectivity index (χ2v) is 6.89. The molecule has 1 fully saturated rings. The molecule has 0 atom stereocenters. The highest BCUT2D eigenvalue weighted by Gasteiger charge is 2.52. The molecule has 2 aliphatic heterocycles. The summed E-state index contributed by atoms with van der Waals surface area (Å²) in [6.45, 7) is 8.03. The van der Waals surface area contributed by atoms with E-state index < -0.39 is 18.3 Å². The molecule has 23 heavy (non-hydrogen) atoms. The van der Waals surface area contributed by atoms with Crippen molar-refractivity contribution in [1.29, 1.82) is 0 Å². The number of hydrogen-bond acceptors (Lipinski definition) is 5. The molecule has 3 rings (SSSR count). The van der Waals surface area contributed by atoms with Crippen molar-refractivity contribution in [2.75, 3.05) is 25.7 Å². The summed E-state index contributed by atoms with van der Waals surface area (Å²) in [6.07, 6.45) is 0. The molecule has 0 aliphatic carbocycles. The van der Waals surface area contributed by atoms with E-state index in [2.05, 4.69) is 0 Å². The maximum absolute atomic E-state index is 11.8. The van der Waals surface area contributed by atoms with Gasteiger partial charge in [0.1, 0.15) is 11.5 Å². The largest absolute Gasteiger partial charge is 0.498 e. The summed E-state index contributed by atoms with van der Waals surface area (Å²) in [5.74, 6) is 1.13. The van der Waals surface area contributed by atoms with Crippen molar-refractivity contribution >= 4 is 24.2 Å². The zero-order chi connectivity index (χ0) is 17.0. The summed E-state index contributed by atoms with van der Waals surface area (Å²) < 4.78 is 23.2. The van der Waals surface area contributed by atoms with E-state index >= 15 is 0 Å². The van der Waals surface area contributed by atoms with E-state index in [1.165, 1.54) is 0 Å². The van der Waals surface area contributed by atoms with Gasteiger partial charge >= 0.3 is 7.12 Å². The molecule has 7 heteroatoms. The number of carbonyl (C=O) groups excluding carboxylic acids is 1. The number of anilines is 1. The molecule has 1 saturated heterocycles. The van der Waals surface area contributed by atoms with Gasteiger partial charge in [0, 0.05) is 18.6 Å². The number of carbonyl (C=O) groups is 1. The molecule has 0 unspecified atom stereocenters. The second kappa shape index (κ2) is 5.14. The minimum Gasteiger partial charge on any atom is -0.497 e. The normalized spacial score (nSPS) is 21.9. The molecule has 0 spiro atoms. The third-order valence-electron chi connectivity index (χ3n) is 4.91. The smallest absolute Gasteiger partial charge is 0.497 e. The zero-order valence-corrected chi connectivity index (χ0v) is 14.4. The van der Waals surface area contributed by atoms with E-state index in [9.17, 15) is 4.79 Å². The molecule has 0 saturated carbocycles. The van der Waals surface area contributed by atoms with E-state index in [0.717, 1.165) is 5.46 Å². The summed E-state index contributed by atoms with van der Waals surface area (Å²) in [4.78, 5) is 13.3. The predicted octanol–water partition coefficient (Wildman–Crippen LogP) is 1.35. The highest BCUT2D eigenvalue weighted by Crippen LogP contribution is 2.39. The van der Waals surface area contributed by atoms with Crippen LogP contribution in [0.4, 0.5) is 5.69 Å². The minimum absolute atomic E-state index is 0.0264. The van der Waals surface area contributed by atoms with Crippen LogP contribution in [0.5, 0.6) is 11.5 Å². The van der Waals surface area contributed by atoms with Gasteiger partial charge in [-0.3, -0.25) is 4.79 Å². The highest BCUT2D eigenvalue weighted by molar-refractivity contribution is 6.63. The molecule has 1 aromatic rings. The lowest BCUT2D eigenvalue weighted by atomic mass is 9.78. The Kier molecular flexibility index (Phi) is 3.61. The van der Waals surface area contributed by atoms with Crippen molar-refractivity contribution in [3.63, 3.8) is 0 Å². The van der Waals surface area contributed by atoms with Crippen molar-refractivity contribution in [1.82, 2.24) is 0 Å². The van der Waals surface area contributed by atoms with Gasteiger partial charge in [0.25, 0.3) is 5.91 Å². The Morgan fingerprint density at radius 2 is 1.78 bits per heavy atom. The van der Waals surface area contributed by atoms with Gasteiger partial charge in [0.15, 0.2) is 6.61 Å². The number of hydrogen-bond donors (Lipinski definition) is 0. The zero-order valence-electron chi connectivity index (χ0n) is 14.4. The number of amides is 1. The van der Waals surface area contributed by atoms with Crippen LogP contribution in [0.25, 0.3) is 0 Å². The van der Waals surface area contributed by atoms with Gasteiger partial charge in [-0.2, -0.15) is 0 Å². The molecule has 124 valence electrons. The van der Waals surface area contributed by atoms with Gasteiger partial charge < -0.3 is 23.7 Å². The number of benzene rings is 1. The lowest BCUT2D eigenvalue weighted by Gasteiger charge is -2.32. The van der Waals surface area contributed by atoms with Gasteiger partial charge in [-0.25, -0.2) is 0 Å². The molecule has 0 bridgehead atoms. The molecule has 6 nitrogen and oxygen atoms in total. The second-order valence-electron chi connectivity index (χ2n) is 6.89. The fourth-order valence-electron chi connectivity index (χ4n) is 2.64. The first-order valence-corrected chi connectivity index (χ1v) is 7.63. The Balaban J connectivity index is 2.03. The van der Waals surface area contributed by atoms with Crippen LogP contribution in [-0.2, 0) is 14.1 Å². The molecular weight excluding hydrogens is 297 g/mol. The fraction of sp³-hybridized carbons (Fsp3) is 0.562. The van der Waals surface area contributed by atoms with Crippen LogP contribution in [0.3, 0.4) is 0 Å². The van der Waals surface area contributed by atoms with Crippen molar-refractivity contribution < 1.29 is 23.6 Å². The summed E-state index contributed by atoms with van der Waals surface area (Å²) in [7, 11) is 2.76. The van der Waals surface area contributed by atoms with E-state index in [1.807, 2.05) is 33.8 Å². The summed E-state index contributed by atoms with van der Waals surface area (Å²) >= 11 is 0. The third kappa shape index (κ3) is 2.48. The van der Waals surface area contributed by atoms with Gasteiger partial charge in [-0.15, -0.1) is 0 Å². The minimum atomic E-state index is -0.549. The van der Waals surface area contributed by atoms with E-state index in [-0.39, 0.29) is 12.5 Å². The van der Waals surface area contributed by atoms with Crippen molar-refractivity contribution in [3.05, 3.63) is 12.1 Å². The number of likely N-dealkylation sites (N-methyl/N-ethyl adjacent to an activating group) is 1. The lowest BCUT2D eigenvalue weighted by Crippen LogP contribution is -2.41. The van der Waals surface area contributed by atoms with E-state index in [1.54, 1.807) is 25.1 Å². The van der Waals surface area contributed by atoms with Crippen LogP contribution < -0.4 is 19.8 Å². The van der Waals surface area contributed by atoms with Crippen LogP contribution in [0.2, 0.25) is 0 Å². The summed E-state index contributed by atoms with van der Waals surface area (Å²) in [5.41, 5.74) is 0.560. The third-order valence-corrected chi connectivity index (χ3v) is 4.91. The van der Waals surface area contributed by atoms with Gasteiger partial charge in [-0.05, 0) is 33.8 Å². The number of ether oxygens (including phenoxy) is 2. The average molecular weight is 319 g/mol. The van der Waals surface area contributed by atoms with Crippen molar-refractivity contribution in [2.45, 2.75) is 38.9 Å². The highest BCUT2D eigenvalue weighted by atomic mass is 16.7. The Morgan fingerprint density at radius 3 is 2.35 bits per heavy atom. The standard InChI is InChI=1S/C16H22BNO5/c1-15(2)16(3,4)23-17(22-15)10-7-13-11(8-12(10)20-6)18(5)14(19)9-21-13/h7-8H,9H2,1-6H3. The first-order chi connectivity index (χ1) is 10.7. The molecule has 2 aliphatic rings. The summed E-state index contributed by atoms with van der Waals surface area (Å²) in [6, 6.07) is 3.62. The van der Waals surface area contributed by atoms with E-state index in [0.29, 0.717) is 17.2 Å². The Labute approximate surface area is 136 Å². The maximum atomic E-state index is 11.8. The maximum Gasteiger partial charge on any atom is 0.498 e. The molecular formula is C16H22BNO5. The number of methoxy groups -OCH3 is 1. The van der Waals surface area contributed by atoms with Gasteiger partial charge in [0.05, 0.1) is 24.0 Å². The number of rotatable bonds is 2. The summed E-state index contributed by atoms with van der Waals surface area (Å²) in [5, 5.41) is 0. The van der Waals surface area contributed by atoms with Crippen LogP contribution in [0.15, 0.2) is 12.1 Å². The molecule has 0 aromatic heterocycles. The topological polar surface area (TPSA) is 57.2 Å². The first kappa shape index (κ1) is 16.1.